The van der Waals surface area contributed by atoms with Crippen LogP contribution in [0.4, 0.5) is 5.69 Å². The van der Waals surface area contributed by atoms with Gasteiger partial charge in [0.15, 0.2) is 0 Å². The summed E-state index contributed by atoms with van der Waals surface area (Å²) in [4.78, 5) is 4.93. The zero-order valence-corrected chi connectivity index (χ0v) is 17.7. The first-order valence-corrected chi connectivity index (χ1v) is 10.9. The Balaban J connectivity index is 1.32. The van der Waals surface area contributed by atoms with Crippen molar-refractivity contribution in [2.45, 2.75) is 32.4 Å². The smallest absolute Gasteiger partial charge is 0.203 e. The van der Waals surface area contributed by atoms with E-state index in [0.29, 0.717) is 5.92 Å². The number of piperazine rings is 1. The summed E-state index contributed by atoms with van der Waals surface area (Å²) < 4.78 is 5.01. The molecule has 1 aromatic heterocycles. The molecule has 150 valence electrons. The zero-order valence-electron chi connectivity index (χ0n) is 16.9. The summed E-state index contributed by atoms with van der Waals surface area (Å²) in [6.45, 7) is 7.03. The molecule has 6 heteroatoms. The largest absolute Gasteiger partial charge is 0.369 e. The molecule has 0 radical (unpaired) electrons. The molecule has 2 heterocycles. The van der Waals surface area contributed by atoms with E-state index in [-0.39, 0.29) is 0 Å². The predicted molar refractivity (Wildman–Crippen MR) is 119 cm³/mol. The lowest BCUT2D eigenvalue weighted by Gasteiger charge is -2.36. The maximum atomic E-state index is 5.85. The normalized spacial score (nSPS) is 17.6. The van der Waals surface area contributed by atoms with Gasteiger partial charge < -0.3 is 4.90 Å². The van der Waals surface area contributed by atoms with Crippen LogP contribution in [-0.4, -0.2) is 45.4 Å². The number of hydrogen-bond donors (Lipinski definition) is 0. The Morgan fingerprint density at radius 3 is 2.34 bits per heavy atom. The van der Waals surface area contributed by atoms with E-state index in [1.807, 2.05) is 10.7 Å². The number of aromatic nitrogens is 3. The Kier molecular flexibility index (Phi) is 4.97. The maximum absolute atomic E-state index is 5.85. The molecule has 29 heavy (non-hydrogen) atoms. The monoisotopic (exact) mass is 405 g/mol. The van der Waals surface area contributed by atoms with Gasteiger partial charge in [0.05, 0.1) is 6.67 Å². The van der Waals surface area contributed by atoms with Crippen molar-refractivity contribution in [3.8, 4) is 5.69 Å². The topological polar surface area (TPSA) is 29.2 Å². The minimum Gasteiger partial charge on any atom is -0.369 e. The van der Waals surface area contributed by atoms with Crippen LogP contribution in [0.15, 0.2) is 54.6 Å². The third kappa shape index (κ3) is 3.87. The summed E-state index contributed by atoms with van der Waals surface area (Å²) in [5.41, 5.74) is 3.76. The molecule has 1 saturated heterocycles. The molecule has 2 aliphatic rings. The fraction of sp³-hybridized carbons (Fsp3) is 0.391. The summed E-state index contributed by atoms with van der Waals surface area (Å²) in [6.07, 6.45) is 2.43. The zero-order chi connectivity index (χ0) is 19.8. The molecular formula is C23H27N5S. The summed E-state index contributed by atoms with van der Waals surface area (Å²) in [5, 5.41) is 4.95. The van der Waals surface area contributed by atoms with E-state index in [1.54, 1.807) is 0 Å². The van der Waals surface area contributed by atoms with E-state index in [0.717, 1.165) is 49.1 Å². The number of nitrogens with zero attached hydrogens (tertiary/aromatic N) is 5. The van der Waals surface area contributed by atoms with Gasteiger partial charge in [0.2, 0.25) is 4.77 Å². The fourth-order valence-electron chi connectivity index (χ4n) is 4.10. The van der Waals surface area contributed by atoms with Crippen molar-refractivity contribution in [3.63, 3.8) is 0 Å². The number of benzene rings is 2. The second kappa shape index (κ2) is 7.76. The molecule has 0 atom stereocenters. The molecule has 2 aromatic carbocycles. The third-order valence-electron chi connectivity index (χ3n) is 5.89. The van der Waals surface area contributed by atoms with Gasteiger partial charge in [-0.3, -0.25) is 9.47 Å². The van der Waals surface area contributed by atoms with Crippen LogP contribution in [0.1, 0.15) is 30.1 Å². The first kappa shape index (κ1) is 18.6. The number of hydrogen-bond acceptors (Lipinski definition) is 4. The minimum atomic E-state index is 0.552. The van der Waals surface area contributed by atoms with Crippen molar-refractivity contribution >= 4 is 17.9 Å². The molecule has 5 rings (SSSR count). The number of anilines is 1. The van der Waals surface area contributed by atoms with Crippen molar-refractivity contribution < 1.29 is 0 Å². The first-order valence-electron chi connectivity index (χ1n) is 10.5. The Morgan fingerprint density at radius 1 is 0.931 bits per heavy atom. The van der Waals surface area contributed by atoms with E-state index in [2.05, 4.69) is 69.8 Å². The molecular weight excluding hydrogens is 378 g/mol. The summed E-state index contributed by atoms with van der Waals surface area (Å²) in [7, 11) is 0. The van der Waals surface area contributed by atoms with Gasteiger partial charge in [-0.25, -0.2) is 4.68 Å². The highest BCUT2D eigenvalue weighted by atomic mass is 32.1. The van der Waals surface area contributed by atoms with Gasteiger partial charge in [-0.15, -0.1) is 0 Å². The Bertz CT molecular complexity index is 1040. The van der Waals surface area contributed by atoms with Gasteiger partial charge in [0, 0.05) is 43.5 Å². The van der Waals surface area contributed by atoms with E-state index in [4.69, 9.17) is 17.3 Å². The van der Waals surface area contributed by atoms with Crippen LogP contribution in [0, 0.1) is 11.7 Å². The van der Waals surface area contributed by atoms with Crippen LogP contribution >= 0.6 is 12.2 Å². The van der Waals surface area contributed by atoms with Gasteiger partial charge in [-0.1, -0.05) is 30.3 Å². The molecule has 2 fully saturated rings. The van der Waals surface area contributed by atoms with Gasteiger partial charge in [-0.05, 0) is 61.8 Å². The standard InChI is InChI=1S/C23H27N5S/c1-18-6-5-9-21(16-18)26-14-12-25(13-15-26)17-27-23(29)28(20-7-3-2-4-8-20)22(24-27)19-10-11-19/h2-9,16,19H,10-15,17H2,1H3. The molecule has 0 amide bonds. The van der Waals surface area contributed by atoms with Crippen molar-refractivity contribution in [2.24, 2.45) is 0 Å². The van der Waals surface area contributed by atoms with Crippen molar-refractivity contribution in [2.75, 3.05) is 31.1 Å². The van der Waals surface area contributed by atoms with Gasteiger partial charge in [-0.2, -0.15) is 5.10 Å². The van der Waals surface area contributed by atoms with E-state index >= 15 is 0 Å². The first-order chi connectivity index (χ1) is 14.2. The van der Waals surface area contributed by atoms with Gasteiger partial charge in [0.25, 0.3) is 0 Å². The molecule has 0 unspecified atom stereocenters. The van der Waals surface area contributed by atoms with E-state index in [9.17, 15) is 0 Å². The lowest BCUT2D eigenvalue weighted by Crippen LogP contribution is -2.47. The molecule has 1 saturated carbocycles. The number of aryl methyl sites for hydroxylation is 1. The highest BCUT2D eigenvalue weighted by molar-refractivity contribution is 7.71. The molecule has 0 bridgehead atoms. The van der Waals surface area contributed by atoms with Crippen LogP contribution < -0.4 is 4.90 Å². The van der Waals surface area contributed by atoms with Crippen LogP contribution in [0.3, 0.4) is 0 Å². The average molecular weight is 406 g/mol. The average Bonchev–Trinajstić information content (AvgIpc) is 3.54. The Labute approximate surface area is 177 Å². The van der Waals surface area contributed by atoms with Crippen molar-refractivity contribution in [1.82, 2.24) is 19.2 Å². The van der Waals surface area contributed by atoms with E-state index < -0.39 is 0 Å². The summed E-state index contributed by atoms with van der Waals surface area (Å²) in [5.74, 6) is 1.68. The van der Waals surface area contributed by atoms with Gasteiger partial charge >= 0.3 is 0 Å². The number of rotatable bonds is 5. The third-order valence-corrected chi connectivity index (χ3v) is 6.29. The van der Waals surface area contributed by atoms with Crippen LogP contribution in [0.5, 0.6) is 0 Å². The lowest BCUT2D eigenvalue weighted by molar-refractivity contribution is 0.194. The lowest BCUT2D eigenvalue weighted by atomic mass is 10.2. The van der Waals surface area contributed by atoms with E-state index in [1.165, 1.54) is 24.1 Å². The molecule has 1 aliphatic heterocycles. The van der Waals surface area contributed by atoms with Crippen LogP contribution in [-0.2, 0) is 6.67 Å². The van der Waals surface area contributed by atoms with Crippen molar-refractivity contribution in [1.29, 1.82) is 0 Å². The number of para-hydroxylation sites is 1. The van der Waals surface area contributed by atoms with Gasteiger partial charge in [0.1, 0.15) is 5.82 Å². The molecule has 0 N–H and O–H groups in total. The summed E-state index contributed by atoms with van der Waals surface area (Å²) >= 11 is 5.85. The SMILES string of the molecule is Cc1cccc(N2CCN(Cn3nc(C4CC4)n(-c4ccccc4)c3=S)CC2)c1. The maximum Gasteiger partial charge on any atom is 0.203 e. The van der Waals surface area contributed by atoms with Crippen LogP contribution in [0.25, 0.3) is 5.69 Å². The Morgan fingerprint density at radius 2 is 1.66 bits per heavy atom. The highest BCUT2D eigenvalue weighted by Crippen LogP contribution is 2.40. The quantitative estimate of drug-likeness (QED) is 0.590. The minimum absolute atomic E-state index is 0.552. The predicted octanol–water partition coefficient (Wildman–Crippen LogP) is 4.37. The second-order valence-corrected chi connectivity index (χ2v) is 8.54. The molecule has 0 spiro atoms. The highest BCUT2D eigenvalue weighted by Gasteiger charge is 2.31. The molecule has 5 nitrogen and oxygen atoms in total. The fourth-order valence-corrected chi connectivity index (χ4v) is 4.40. The summed E-state index contributed by atoms with van der Waals surface area (Å²) in [6, 6.07) is 19.2. The van der Waals surface area contributed by atoms with Crippen molar-refractivity contribution in [3.05, 3.63) is 70.8 Å². The Hall–Kier alpha value is -2.44. The second-order valence-electron chi connectivity index (χ2n) is 8.17. The van der Waals surface area contributed by atoms with Crippen LogP contribution in [0.2, 0.25) is 0 Å². The molecule has 3 aromatic rings. The molecule has 1 aliphatic carbocycles.